The Morgan fingerprint density at radius 2 is 1.58 bits per heavy atom. The van der Waals surface area contributed by atoms with Gasteiger partial charge in [-0.15, -0.1) is 37.2 Å². The topological polar surface area (TPSA) is 43.1 Å². The molecule has 0 saturated carbocycles. The second-order valence-corrected chi connectivity index (χ2v) is 2.28. The van der Waals surface area contributed by atoms with Crippen LogP contribution >= 0.6 is 37.2 Å². The van der Waals surface area contributed by atoms with Gasteiger partial charge in [-0.25, -0.2) is 0 Å². The lowest BCUT2D eigenvalue weighted by Gasteiger charge is -1.93. The first-order chi connectivity index (χ1) is 4.27. The summed E-state index contributed by atoms with van der Waals surface area (Å²) in [6.45, 7) is 2.14. The molecule has 0 rings (SSSR count). The predicted octanol–water partition coefficient (Wildman–Crippen LogP) is 2.71. The van der Waals surface area contributed by atoms with E-state index in [4.69, 9.17) is 5.73 Å². The molecule has 2 nitrogen and oxygen atoms in total. The molecular formula is C7H18Cl3NO. The van der Waals surface area contributed by atoms with Crippen LogP contribution in [0.2, 0.25) is 0 Å². The van der Waals surface area contributed by atoms with Gasteiger partial charge in [0.25, 0.3) is 0 Å². The first-order valence-electron chi connectivity index (χ1n) is 3.55. The monoisotopic (exact) mass is 237 g/mol. The van der Waals surface area contributed by atoms with E-state index in [1.54, 1.807) is 0 Å². The number of nitrogens with two attached hydrogens (primary N) is 1. The van der Waals surface area contributed by atoms with Gasteiger partial charge in [0.05, 0.1) is 0 Å². The van der Waals surface area contributed by atoms with Crippen LogP contribution in [0, 0.1) is 0 Å². The van der Waals surface area contributed by atoms with Crippen molar-refractivity contribution in [2.45, 2.75) is 39.0 Å². The highest BCUT2D eigenvalue weighted by Crippen LogP contribution is 2.00. The average molecular weight is 239 g/mol. The summed E-state index contributed by atoms with van der Waals surface area (Å²) in [5.41, 5.74) is 4.94. The van der Waals surface area contributed by atoms with Gasteiger partial charge in [-0.2, -0.15) is 0 Å². The van der Waals surface area contributed by atoms with Crippen molar-refractivity contribution in [2.24, 2.45) is 5.73 Å². The van der Waals surface area contributed by atoms with E-state index in [-0.39, 0.29) is 43.1 Å². The molecule has 0 aromatic heterocycles. The molecule has 5 heteroatoms. The predicted molar refractivity (Wildman–Crippen MR) is 59.7 cm³/mol. The van der Waals surface area contributed by atoms with Crippen LogP contribution in [-0.2, 0) is 4.79 Å². The number of hydrogen-bond donors (Lipinski definition) is 1. The molecule has 0 unspecified atom stereocenters. The second-order valence-electron chi connectivity index (χ2n) is 2.28. The van der Waals surface area contributed by atoms with Crippen molar-refractivity contribution in [1.82, 2.24) is 0 Å². The highest BCUT2D eigenvalue weighted by atomic mass is 35.5. The summed E-state index contributed by atoms with van der Waals surface area (Å²) in [6.07, 6.45) is 5.08. The zero-order valence-electron chi connectivity index (χ0n) is 7.25. The summed E-state index contributed by atoms with van der Waals surface area (Å²) in [6, 6.07) is 0. The molecule has 78 valence electrons. The van der Waals surface area contributed by atoms with Crippen LogP contribution in [0.5, 0.6) is 0 Å². The van der Waals surface area contributed by atoms with Crippen LogP contribution in [0.25, 0.3) is 0 Å². The Balaban J connectivity index is -0.000000107. The minimum absolute atomic E-state index is 0. The van der Waals surface area contributed by atoms with Gasteiger partial charge in [-0.05, 0) is 6.42 Å². The molecule has 0 heterocycles. The molecule has 0 aliphatic heterocycles. The summed E-state index contributed by atoms with van der Waals surface area (Å²) in [5, 5.41) is 0. The van der Waals surface area contributed by atoms with Gasteiger partial charge in [-0.3, -0.25) is 4.79 Å². The molecule has 0 aromatic carbocycles. The molecular weight excluding hydrogens is 220 g/mol. The Morgan fingerprint density at radius 3 is 1.92 bits per heavy atom. The molecule has 1 amide bonds. The van der Waals surface area contributed by atoms with Crippen molar-refractivity contribution in [3.05, 3.63) is 0 Å². The Hall–Kier alpha value is 0.340. The van der Waals surface area contributed by atoms with Gasteiger partial charge in [0.15, 0.2) is 0 Å². The first kappa shape index (κ1) is 22.8. The van der Waals surface area contributed by atoms with Crippen LogP contribution in [0.1, 0.15) is 39.0 Å². The molecule has 12 heavy (non-hydrogen) atoms. The van der Waals surface area contributed by atoms with Crippen molar-refractivity contribution in [1.29, 1.82) is 0 Å². The standard InChI is InChI=1S/C7H15NO.3ClH/c1-2-3-4-5-6-7(8)9;;;/h2-6H2,1H3,(H2,8,9);3*1H. The maximum Gasteiger partial charge on any atom is 0.217 e. The molecule has 0 aliphatic rings. The third kappa shape index (κ3) is 22.4. The highest BCUT2D eigenvalue weighted by Gasteiger charge is 1.91. The van der Waals surface area contributed by atoms with E-state index in [0.29, 0.717) is 6.42 Å². The summed E-state index contributed by atoms with van der Waals surface area (Å²) >= 11 is 0. The lowest BCUT2D eigenvalue weighted by atomic mass is 10.1. The minimum atomic E-state index is -0.175. The summed E-state index contributed by atoms with van der Waals surface area (Å²) < 4.78 is 0. The maximum atomic E-state index is 10.2. The lowest BCUT2D eigenvalue weighted by Crippen LogP contribution is -2.09. The molecule has 0 fully saturated rings. The number of hydrogen-bond acceptors (Lipinski definition) is 1. The van der Waals surface area contributed by atoms with Crippen molar-refractivity contribution < 1.29 is 4.79 Å². The fourth-order valence-electron chi connectivity index (χ4n) is 0.726. The van der Waals surface area contributed by atoms with E-state index in [9.17, 15) is 4.79 Å². The quantitative estimate of drug-likeness (QED) is 0.736. The molecule has 0 atom stereocenters. The third-order valence-electron chi connectivity index (χ3n) is 1.28. The van der Waals surface area contributed by atoms with E-state index in [1.807, 2.05) is 0 Å². The number of carbonyl (C=O) groups excluding carboxylic acids is 1. The average Bonchev–Trinajstić information content (AvgIpc) is 1.80. The van der Waals surface area contributed by atoms with Crippen molar-refractivity contribution in [3.63, 3.8) is 0 Å². The SMILES string of the molecule is CCCCCCC(N)=O.Cl.Cl.Cl. The van der Waals surface area contributed by atoms with Gasteiger partial charge in [0, 0.05) is 6.42 Å². The lowest BCUT2D eigenvalue weighted by molar-refractivity contribution is -0.118. The molecule has 0 aliphatic carbocycles. The van der Waals surface area contributed by atoms with E-state index < -0.39 is 0 Å². The van der Waals surface area contributed by atoms with Crippen LogP contribution < -0.4 is 5.73 Å². The fourth-order valence-corrected chi connectivity index (χ4v) is 0.726. The highest BCUT2D eigenvalue weighted by molar-refractivity contribution is 5.86. The molecule has 0 radical (unpaired) electrons. The number of amides is 1. The molecule has 2 N–H and O–H groups in total. The van der Waals surface area contributed by atoms with Crippen LogP contribution in [0.15, 0.2) is 0 Å². The van der Waals surface area contributed by atoms with E-state index in [0.717, 1.165) is 12.8 Å². The van der Waals surface area contributed by atoms with Gasteiger partial charge in [-0.1, -0.05) is 26.2 Å². The molecule has 0 spiro atoms. The van der Waals surface area contributed by atoms with Crippen LogP contribution in [-0.4, -0.2) is 5.91 Å². The molecule has 0 bridgehead atoms. The van der Waals surface area contributed by atoms with Crippen molar-refractivity contribution in [2.75, 3.05) is 0 Å². The number of unbranched alkanes of at least 4 members (excludes halogenated alkanes) is 3. The Kier molecular flexibility index (Phi) is 33.1. The van der Waals surface area contributed by atoms with E-state index in [2.05, 4.69) is 6.92 Å². The van der Waals surface area contributed by atoms with Crippen LogP contribution in [0.4, 0.5) is 0 Å². The van der Waals surface area contributed by atoms with E-state index >= 15 is 0 Å². The van der Waals surface area contributed by atoms with Crippen LogP contribution in [0.3, 0.4) is 0 Å². The third-order valence-corrected chi connectivity index (χ3v) is 1.28. The van der Waals surface area contributed by atoms with Gasteiger partial charge >= 0.3 is 0 Å². The molecule has 0 aromatic rings. The summed E-state index contributed by atoms with van der Waals surface area (Å²) in [4.78, 5) is 10.2. The number of primary amides is 1. The number of carbonyl (C=O) groups is 1. The smallest absolute Gasteiger partial charge is 0.217 e. The summed E-state index contributed by atoms with van der Waals surface area (Å²) in [5.74, 6) is -0.175. The van der Waals surface area contributed by atoms with Gasteiger partial charge < -0.3 is 5.73 Å². The fraction of sp³-hybridized carbons (Fsp3) is 0.857. The normalized spacial score (nSPS) is 7.08. The second kappa shape index (κ2) is 17.4. The zero-order chi connectivity index (χ0) is 7.11. The zero-order valence-corrected chi connectivity index (χ0v) is 9.70. The van der Waals surface area contributed by atoms with E-state index in [1.165, 1.54) is 12.8 Å². The first-order valence-corrected chi connectivity index (χ1v) is 3.55. The Morgan fingerprint density at radius 1 is 1.08 bits per heavy atom. The Labute approximate surface area is 92.9 Å². The Bertz CT molecular complexity index is 90.7. The molecule has 0 saturated heterocycles. The minimum Gasteiger partial charge on any atom is -0.370 e. The maximum absolute atomic E-state index is 10.2. The number of halogens is 3. The largest absolute Gasteiger partial charge is 0.370 e. The van der Waals surface area contributed by atoms with Gasteiger partial charge in [0.1, 0.15) is 0 Å². The van der Waals surface area contributed by atoms with Gasteiger partial charge in [0.2, 0.25) is 5.91 Å². The van der Waals surface area contributed by atoms with Crippen molar-refractivity contribution in [3.8, 4) is 0 Å². The summed E-state index contributed by atoms with van der Waals surface area (Å²) in [7, 11) is 0. The number of rotatable bonds is 5. The van der Waals surface area contributed by atoms with Crippen molar-refractivity contribution >= 4 is 43.1 Å².